The Bertz CT molecular complexity index is 159. The van der Waals surface area contributed by atoms with Gasteiger partial charge in [-0.3, -0.25) is 0 Å². The zero-order valence-corrected chi connectivity index (χ0v) is 8.77. The van der Waals surface area contributed by atoms with Crippen molar-refractivity contribution in [1.29, 1.82) is 0 Å². The maximum Gasteiger partial charge on any atom is 0.138 e. The van der Waals surface area contributed by atoms with Gasteiger partial charge in [0.2, 0.25) is 0 Å². The second-order valence-corrected chi connectivity index (χ2v) is 3.92. The Morgan fingerprint density at radius 1 is 1.50 bits per heavy atom. The van der Waals surface area contributed by atoms with Gasteiger partial charge in [0.25, 0.3) is 0 Å². The number of allylic oxidation sites excluding steroid dienone is 2. The van der Waals surface area contributed by atoms with E-state index in [4.69, 9.17) is 11.6 Å². The first-order valence-electron chi connectivity index (χ1n) is 4.30. The van der Waals surface area contributed by atoms with Crippen LogP contribution < -0.4 is 0 Å². The van der Waals surface area contributed by atoms with E-state index in [0.717, 1.165) is 19.1 Å². The SMILES string of the molecule is CC(C)=CCC[C@@H](C)C(Cl)C=O. The Kier molecular flexibility index (Phi) is 6.09. The average molecular weight is 189 g/mol. The molecule has 0 N–H and O–H groups in total. The van der Waals surface area contributed by atoms with Crippen molar-refractivity contribution in [3.8, 4) is 0 Å². The van der Waals surface area contributed by atoms with Crippen molar-refractivity contribution in [2.75, 3.05) is 0 Å². The Morgan fingerprint density at radius 3 is 2.50 bits per heavy atom. The zero-order valence-electron chi connectivity index (χ0n) is 8.01. The summed E-state index contributed by atoms with van der Waals surface area (Å²) in [4.78, 5) is 10.3. The second-order valence-electron chi connectivity index (χ2n) is 3.42. The van der Waals surface area contributed by atoms with Crippen LogP contribution in [0.5, 0.6) is 0 Å². The van der Waals surface area contributed by atoms with Crippen molar-refractivity contribution in [2.45, 2.75) is 39.0 Å². The standard InChI is InChI=1S/C10H17ClO/c1-8(2)5-4-6-9(3)10(11)7-12/h5,7,9-10H,4,6H2,1-3H3/t9-,10?/m1/s1. The van der Waals surface area contributed by atoms with E-state index in [0.29, 0.717) is 0 Å². The van der Waals surface area contributed by atoms with E-state index in [-0.39, 0.29) is 11.3 Å². The molecule has 0 bridgehead atoms. The molecule has 0 amide bonds. The summed E-state index contributed by atoms with van der Waals surface area (Å²) < 4.78 is 0. The summed E-state index contributed by atoms with van der Waals surface area (Å²) in [6.07, 6.45) is 4.98. The Balaban J connectivity index is 3.63. The van der Waals surface area contributed by atoms with Gasteiger partial charge in [0.1, 0.15) is 6.29 Å². The van der Waals surface area contributed by atoms with E-state index in [1.165, 1.54) is 5.57 Å². The number of halogens is 1. The molecule has 0 rings (SSSR count). The molecule has 0 aromatic heterocycles. The van der Waals surface area contributed by atoms with Crippen LogP contribution in [-0.2, 0) is 4.79 Å². The third kappa shape index (κ3) is 5.36. The Labute approximate surface area is 79.8 Å². The molecule has 0 heterocycles. The van der Waals surface area contributed by atoms with E-state index < -0.39 is 0 Å². The number of hydrogen-bond donors (Lipinski definition) is 0. The van der Waals surface area contributed by atoms with Crippen LogP contribution in [0, 0.1) is 5.92 Å². The third-order valence-electron chi connectivity index (χ3n) is 1.85. The van der Waals surface area contributed by atoms with Gasteiger partial charge in [0.05, 0.1) is 5.38 Å². The molecule has 0 aromatic carbocycles. The number of aldehydes is 1. The lowest BCUT2D eigenvalue weighted by Crippen LogP contribution is -2.12. The molecule has 0 radical (unpaired) electrons. The monoisotopic (exact) mass is 188 g/mol. The van der Waals surface area contributed by atoms with E-state index in [1.807, 2.05) is 6.92 Å². The molecule has 12 heavy (non-hydrogen) atoms. The van der Waals surface area contributed by atoms with Crippen molar-refractivity contribution in [3.63, 3.8) is 0 Å². The van der Waals surface area contributed by atoms with Gasteiger partial charge in [-0.2, -0.15) is 0 Å². The normalized spacial score (nSPS) is 15.0. The van der Waals surface area contributed by atoms with Crippen molar-refractivity contribution in [2.24, 2.45) is 5.92 Å². The molecule has 0 aromatic rings. The molecule has 0 spiro atoms. The van der Waals surface area contributed by atoms with Crippen LogP contribution in [0.1, 0.15) is 33.6 Å². The molecule has 2 heteroatoms. The van der Waals surface area contributed by atoms with Gasteiger partial charge < -0.3 is 4.79 Å². The highest BCUT2D eigenvalue weighted by atomic mass is 35.5. The Morgan fingerprint density at radius 2 is 2.08 bits per heavy atom. The van der Waals surface area contributed by atoms with Gasteiger partial charge >= 0.3 is 0 Å². The summed E-state index contributed by atoms with van der Waals surface area (Å²) >= 11 is 5.74. The molecular formula is C10H17ClO. The largest absolute Gasteiger partial charge is 0.302 e. The third-order valence-corrected chi connectivity index (χ3v) is 2.38. The molecular weight excluding hydrogens is 172 g/mol. The maximum atomic E-state index is 10.3. The molecule has 1 unspecified atom stereocenters. The van der Waals surface area contributed by atoms with E-state index >= 15 is 0 Å². The first kappa shape index (κ1) is 11.7. The quantitative estimate of drug-likeness (QED) is 0.368. The van der Waals surface area contributed by atoms with Crippen LogP contribution in [0.25, 0.3) is 0 Å². The molecule has 0 aliphatic heterocycles. The smallest absolute Gasteiger partial charge is 0.138 e. The summed E-state index contributed by atoms with van der Waals surface area (Å²) in [7, 11) is 0. The number of hydrogen-bond acceptors (Lipinski definition) is 1. The predicted molar refractivity (Wildman–Crippen MR) is 53.5 cm³/mol. The minimum atomic E-state index is -0.324. The van der Waals surface area contributed by atoms with Crippen LogP contribution in [0.4, 0.5) is 0 Å². The number of rotatable bonds is 5. The zero-order chi connectivity index (χ0) is 9.56. The highest BCUT2D eigenvalue weighted by Gasteiger charge is 2.11. The van der Waals surface area contributed by atoms with Gasteiger partial charge in [-0.25, -0.2) is 0 Å². The first-order chi connectivity index (χ1) is 5.57. The molecule has 0 saturated heterocycles. The highest BCUT2D eigenvalue weighted by Crippen LogP contribution is 2.15. The van der Waals surface area contributed by atoms with E-state index in [9.17, 15) is 4.79 Å². The lowest BCUT2D eigenvalue weighted by atomic mass is 10.0. The summed E-state index contributed by atoms with van der Waals surface area (Å²) in [5.41, 5.74) is 1.32. The van der Waals surface area contributed by atoms with Crippen LogP contribution >= 0.6 is 11.6 Å². The molecule has 0 saturated carbocycles. The predicted octanol–water partition coefficient (Wildman–Crippen LogP) is 3.18. The van der Waals surface area contributed by atoms with Crippen molar-refractivity contribution < 1.29 is 4.79 Å². The second kappa shape index (κ2) is 6.24. The minimum Gasteiger partial charge on any atom is -0.302 e. The minimum absolute atomic E-state index is 0.278. The number of alkyl halides is 1. The number of carbonyl (C=O) groups excluding carboxylic acids is 1. The molecule has 1 nitrogen and oxygen atoms in total. The van der Waals surface area contributed by atoms with Crippen molar-refractivity contribution in [3.05, 3.63) is 11.6 Å². The number of carbonyl (C=O) groups is 1. The van der Waals surface area contributed by atoms with Gasteiger partial charge in [-0.1, -0.05) is 18.6 Å². The average Bonchev–Trinajstić information content (AvgIpc) is 2.02. The summed E-state index contributed by atoms with van der Waals surface area (Å²) in [5.74, 6) is 0.278. The summed E-state index contributed by atoms with van der Waals surface area (Å²) in [6, 6.07) is 0. The van der Waals surface area contributed by atoms with Crippen LogP contribution in [0.15, 0.2) is 11.6 Å². The molecule has 0 aliphatic carbocycles. The van der Waals surface area contributed by atoms with E-state index in [1.54, 1.807) is 0 Å². The van der Waals surface area contributed by atoms with Gasteiger partial charge in [-0.05, 0) is 32.6 Å². The first-order valence-corrected chi connectivity index (χ1v) is 4.74. The van der Waals surface area contributed by atoms with Crippen molar-refractivity contribution in [1.82, 2.24) is 0 Å². The molecule has 70 valence electrons. The van der Waals surface area contributed by atoms with Crippen molar-refractivity contribution >= 4 is 17.9 Å². The van der Waals surface area contributed by atoms with Crippen LogP contribution in [0.2, 0.25) is 0 Å². The van der Waals surface area contributed by atoms with Crippen LogP contribution in [0.3, 0.4) is 0 Å². The fraction of sp³-hybridized carbons (Fsp3) is 0.700. The molecule has 0 aliphatic rings. The fourth-order valence-electron chi connectivity index (χ4n) is 0.928. The van der Waals surface area contributed by atoms with Gasteiger partial charge in [0.15, 0.2) is 0 Å². The lowest BCUT2D eigenvalue weighted by Gasteiger charge is -2.10. The molecule has 0 fully saturated rings. The summed E-state index contributed by atoms with van der Waals surface area (Å²) in [6.45, 7) is 6.15. The fourth-order valence-corrected chi connectivity index (χ4v) is 1.05. The van der Waals surface area contributed by atoms with E-state index in [2.05, 4.69) is 19.9 Å². The highest BCUT2D eigenvalue weighted by molar-refractivity contribution is 6.27. The maximum absolute atomic E-state index is 10.3. The summed E-state index contributed by atoms with van der Waals surface area (Å²) in [5, 5.41) is -0.324. The van der Waals surface area contributed by atoms with Gasteiger partial charge in [-0.15, -0.1) is 11.6 Å². The molecule has 2 atom stereocenters. The topological polar surface area (TPSA) is 17.1 Å². The lowest BCUT2D eigenvalue weighted by molar-refractivity contribution is -0.108. The Hall–Kier alpha value is -0.300. The van der Waals surface area contributed by atoms with Crippen LogP contribution in [-0.4, -0.2) is 11.7 Å². The van der Waals surface area contributed by atoms with Gasteiger partial charge in [0, 0.05) is 0 Å².